The van der Waals surface area contributed by atoms with Gasteiger partial charge in [-0.1, -0.05) is 0 Å². The van der Waals surface area contributed by atoms with E-state index in [1.54, 1.807) is 6.21 Å². The molecule has 0 saturated heterocycles. The second kappa shape index (κ2) is 6.52. The Bertz CT molecular complexity index is 944. The molecule has 1 N–H and O–H groups in total. The van der Waals surface area contributed by atoms with Gasteiger partial charge in [-0.3, -0.25) is 4.99 Å². The van der Waals surface area contributed by atoms with Crippen molar-refractivity contribution in [3.05, 3.63) is 55.3 Å². The number of aliphatic imine (C=N–C) groups is 1. The van der Waals surface area contributed by atoms with E-state index in [0.717, 1.165) is 53.7 Å². The molecule has 3 nitrogen and oxygen atoms in total. The van der Waals surface area contributed by atoms with Crippen molar-refractivity contribution in [1.29, 1.82) is 0 Å². The summed E-state index contributed by atoms with van der Waals surface area (Å²) in [4.78, 5) is 4.55. The smallest absolute Gasteiger partial charge is 0.139 e. The summed E-state index contributed by atoms with van der Waals surface area (Å²) in [5, 5.41) is 11.6. The van der Waals surface area contributed by atoms with E-state index < -0.39 is 0 Å². The molecule has 0 amide bonds. The van der Waals surface area contributed by atoms with E-state index in [4.69, 9.17) is 4.42 Å². The summed E-state index contributed by atoms with van der Waals surface area (Å²) < 4.78 is 7.83. The number of nitrogens with zero attached hydrogens (tertiary/aromatic N) is 1. The number of furan rings is 1. The van der Waals surface area contributed by atoms with E-state index in [9.17, 15) is 5.11 Å². The summed E-state index contributed by atoms with van der Waals surface area (Å²) in [7, 11) is 0. The van der Waals surface area contributed by atoms with Crippen LogP contribution in [-0.4, -0.2) is 11.3 Å². The van der Waals surface area contributed by atoms with Crippen molar-refractivity contribution < 1.29 is 9.52 Å². The molecule has 5 heteroatoms. The summed E-state index contributed by atoms with van der Waals surface area (Å²) >= 11 is 5.69. The lowest BCUT2D eigenvalue weighted by Gasteiger charge is -2.10. The molecule has 1 aliphatic carbocycles. The van der Waals surface area contributed by atoms with Gasteiger partial charge in [0, 0.05) is 32.7 Å². The Hall–Kier alpha value is -1.34. The number of aryl methyl sites for hydroxylation is 2. The van der Waals surface area contributed by atoms with Gasteiger partial charge in [0.05, 0.1) is 10.2 Å². The molecule has 0 radical (unpaired) electrons. The topological polar surface area (TPSA) is 45.7 Å². The maximum atomic E-state index is 10.6. The molecule has 4 rings (SSSR count). The Balaban J connectivity index is 1.88. The zero-order valence-corrected chi connectivity index (χ0v) is 16.6. The lowest BCUT2D eigenvalue weighted by molar-refractivity contribution is 0.471. The molecular formula is C19H15BrINO2. The van der Waals surface area contributed by atoms with Gasteiger partial charge in [-0.05, 0) is 88.1 Å². The third kappa shape index (κ3) is 2.88. The minimum Gasteiger partial charge on any atom is -0.506 e. The molecule has 0 aliphatic heterocycles. The molecule has 24 heavy (non-hydrogen) atoms. The average molecular weight is 496 g/mol. The van der Waals surface area contributed by atoms with E-state index in [2.05, 4.69) is 43.5 Å². The molecule has 0 bridgehead atoms. The van der Waals surface area contributed by atoms with Crippen LogP contribution in [0.1, 0.15) is 29.7 Å². The molecule has 2 aromatic carbocycles. The molecule has 1 heterocycles. The highest BCUT2D eigenvalue weighted by atomic mass is 127. The third-order valence-electron chi connectivity index (χ3n) is 4.38. The number of rotatable bonds is 2. The number of benzene rings is 2. The predicted molar refractivity (Wildman–Crippen MR) is 109 cm³/mol. The molecule has 0 fully saturated rings. The van der Waals surface area contributed by atoms with Crippen LogP contribution in [0.2, 0.25) is 0 Å². The fourth-order valence-electron chi connectivity index (χ4n) is 3.21. The van der Waals surface area contributed by atoms with Crippen molar-refractivity contribution in [3.8, 4) is 5.75 Å². The Kier molecular flexibility index (Phi) is 4.39. The molecule has 0 saturated carbocycles. The number of phenols is 1. The van der Waals surface area contributed by atoms with Crippen LogP contribution in [0, 0.1) is 3.57 Å². The number of phenolic OH excluding ortho intramolecular Hbond substituents is 1. The first-order valence-electron chi connectivity index (χ1n) is 7.89. The van der Waals surface area contributed by atoms with Gasteiger partial charge in [0.25, 0.3) is 0 Å². The van der Waals surface area contributed by atoms with Gasteiger partial charge in [-0.2, -0.15) is 0 Å². The highest BCUT2D eigenvalue weighted by Crippen LogP contribution is 2.40. The summed E-state index contributed by atoms with van der Waals surface area (Å²) in [6.07, 6.45) is 6.02. The Labute approximate surface area is 162 Å². The first kappa shape index (κ1) is 16.1. The van der Waals surface area contributed by atoms with Gasteiger partial charge in [0.1, 0.15) is 17.1 Å². The second-order valence-electron chi connectivity index (χ2n) is 5.94. The van der Waals surface area contributed by atoms with Crippen molar-refractivity contribution in [2.45, 2.75) is 25.7 Å². The average Bonchev–Trinajstić information content (AvgIpc) is 2.95. The maximum Gasteiger partial charge on any atom is 0.139 e. The number of aromatic hydroxyl groups is 1. The first-order valence-corrected chi connectivity index (χ1v) is 9.76. The van der Waals surface area contributed by atoms with Crippen LogP contribution >= 0.6 is 38.5 Å². The molecule has 1 aliphatic rings. The summed E-state index contributed by atoms with van der Waals surface area (Å²) in [6, 6.07) is 9.82. The zero-order valence-electron chi connectivity index (χ0n) is 12.9. The molecule has 0 unspecified atom stereocenters. The molecule has 0 atom stereocenters. The molecular weight excluding hydrogens is 481 g/mol. The monoisotopic (exact) mass is 495 g/mol. The van der Waals surface area contributed by atoms with E-state index in [0.29, 0.717) is 4.47 Å². The van der Waals surface area contributed by atoms with Gasteiger partial charge < -0.3 is 9.52 Å². The Morgan fingerprint density at radius 3 is 2.71 bits per heavy atom. The van der Waals surface area contributed by atoms with Crippen molar-refractivity contribution in [1.82, 2.24) is 0 Å². The Morgan fingerprint density at radius 2 is 1.92 bits per heavy atom. The van der Waals surface area contributed by atoms with Gasteiger partial charge in [0.15, 0.2) is 0 Å². The fraction of sp³-hybridized carbons (Fsp3) is 0.211. The SMILES string of the molecule is Oc1c(Br)cc2oc3c(c2c1C=Nc1ccc(I)cc1)CCCC3. The maximum absolute atomic E-state index is 10.6. The third-order valence-corrected chi connectivity index (χ3v) is 5.70. The van der Waals surface area contributed by atoms with Crippen LogP contribution in [0.25, 0.3) is 11.0 Å². The zero-order chi connectivity index (χ0) is 16.7. The number of halogens is 2. The summed E-state index contributed by atoms with van der Waals surface area (Å²) in [5.74, 6) is 1.27. The van der Waals surface area contributed by atoms with Crippen LogP contribution in [0.5, 0.6) is 5.75 Å². The minimum absolute atomic E-state index is 0.214. The lowest BCUT2D eigenvalue weighted by Crippen LogP contribution is -1.99. The standard InChI is InChI=1S/C19H15BrINO2/c20-15-9-17-18(13-3-1-2-4-16(13)24-17)14(19(15)23)10-22-12-7-5-11(21)6-8-12/h5-10,23H,1-4H2. The van der Waals surface area contributed by atoms with Crippen molar-refractivity contribution in [2.24, 2.45) is 4.99 Å². The molecule has 1 aromatic heterocycles. The lowest BCUT2D eigenvalue weighted by atomic mass is 9.94. The highest BCUT2D eigenvalue weighted by Gasteiger charge is 2.22. The summed E-state index contributed by atoms with van der Waals surface area (Å²) in [5.41, 5.74) is 3.63. The fourth-order valence-corrected chi connectivity index (χ4v) is 3.99. The molecule has 0 spiro atoms. The van der Waals surface area contributed by atoms with Gasteiger partial charge in [-0.15, -0.1) is 0 Å². The van der Waals surface area contributed by atoms with Crippen molar-refractivity contribution in [3.63, 3.8) is 0 Å². The van der Waals surface area contributed by atoms with Crippen LogP contribution < -0.4 is 0 Å². The normalized spacial score (nSPS) is 14.4. The van der Waals surface area contributed by atoms with Crippen molar-refractivity contribution >= 4 is 61.4 Å². The van der Waals surface area contributed by atoms with Gasteiger partial charge >= 0.3 is 0 Å². The predicted octanol–water partition coefficient (Wildman–Crippen LogP) is 6.13. The van der Waals surface area contributed by atoms with Crippen LogP contribution in [0.15, 0.2) is 44.2 Å². The van der Waals surface area contributed by atoms with Crippen LogP contribution in [0.4, 0.5) is 5.69 Å². The van der Waals surface area contributed by atoms with Crippen LogP contribution in [0.3, 0.4) is 0 Å². The van der Waals surface area contributed by atoms with Gasteiger partial charge in [-0.25, -0.2) is 0 Å². The minimum atomic E-state index is 0.214. The first-order chi connectivity index (χ1) is 11.6. The van der Waals surface area contributed by atoms with Crippen molar-refractivity contribution in [2.75, 3.05) is 0 Å². The summed E-state index contributed by atoms with van der Waals surface area (Å²) in [6.45, 7) is 0. The second-order valence-corrected chi connectivity index (χ2v) is 8.04. The van der Waals surface area contributed by atoms with E-state index in [1.165, 1.54) is 9.13 Å². The molecule has 3 aromatic rings. The number of hydrogen-bond acceptors (Lipinski definition) is 3. The van der Waals surface area contributed by atoms with Gasteiger partial charge in [0.2, 0.25) is 0 Å². The quantitative estimate of drug-likeness (QED) is 0.343. The highest BCUT2D eigenvalue weighted by molar-refractivity contribution is 14.1. The Morgan fingerprint density at radius 1 is 1.17 bits per heavy atom. The molecule has 122 valence electrons. The number of hydrogen-bond donors (Lipinski definition) is 1. The van der Waals surface area contributed by atoms with E-state index in [-0.39, 0.29) is 5.75 Å². The largest absolute Gasteiger partial charge is 0.506 e. The van der Waals surface area contributed by atoms with Crippen LogP contribution in [-0.2, 0) is 12.8 Å². The van der Waals surface area contributed by atoms with E-state index in [1.807, 2.05) is 30.3 Å². The van der Waals surface area contributed by atoms with E-state index >= 15 is 0 Å². The number of fused-ring (bicyclic) bond motifs is 3.